The Kier molecular flexibility index (Phi) is 44.3. The van der Waals surface area contributed by atoms with Gasteiger partial charge in [0.15, 0.2) is 0 Å². The molecule has 0 heterocycles. The molecule has 0 N–H and O–H groups in total. The molecule has 0 aromatic rings. The quantitative estimate of drug-likeness (QED) is 0.217. The summed E-state index contributed by atoms with van der Waals surface area (Å²) in [6, 6.07) is 0. The molecule has 72 valence electrons. The van der Waals surface area contributed by atoms with Crippen molar-refractivity contribution in [3.63, 3.8) is 0 Å². The SMILES string of the molecule is C=CCOCC=C.O=P([O-])([O-])[O-].[Na+].[Na+].[Na+]. The van der Waals surface area contributed by atoms with Crippen LogP contribution in [0.5, 0.6) is 0 Å². The minimum atomic E-state index is -5.39. The van der Waals surface area contributed by atoms with Crippen molar-refractivity contribution in [1.29, 1.82) is 0 Å². The van der Waals surface area contributed by atoms with E-state index in [1.165, 1.54) is 0 Å². The fourth-order valence-corrected chi connectivity index (χ4v) is 0.235. The Morgan fingerprint density at radius 2 is 1.20 bits per heavy atom. The van der Waals surface area contributed by atoms with Gasteiger partial charge >= 0.3 is 88.7 Å². The molecule has 0 fully saturated rings. The zero-order chi connectivity index (χ0) is 10.0. The normalized spacial score (nSPS) is 7.67. The van der Waals surface area contributed by atoms with Crippen molar-refractivity contribution in [2.45, 2.75) is 0 Å². The molecule has 0 spiro atoms. The molecular weight excluding hydrogens is 252 g/mol. The van der Waals surface area contributed by atoms with E-state index in [9.17, 15) is 0 Å². The Balaban J connectivity index is -0.0000000383. The maximum atomic E-state index is 8.55. The molecule has 0 aliphatic heterocycles. The Morgan fingerprint density at radius 3 is 1.33 bits per heavy atom. The summed E-state index contributed by atoms with van der Waals surface area (Å²) in [4.78, 5) is 25.6. The predicted octanol–water partition coefficient (Wildman–Crippen LogP) is -10.4. The monoisotopic (exact) mass is 262 g/mol. The van der Waals surface area contributed by atoms with Crippen molar-refractivity contribution < 1.29 is 113 Å². The largest absolute Gasteiger partial charge is 1.00 e. The van der Waals surface area contributed by atoms with Crippen molar-refractivity contribution in [2.75, 3.05) is 13.2 Å². The smallest absolute Gasteiger partial charge is 0.822 e. The van der Waals surface area contributed by atoms with Crippen molar-refractivity contribution in [3.05, 3.63) is 25.3 Å². The minimum absolute atomic E-state index is 0. The fourth-order valence-electron chi connectivity index (χ4n) is 0.235. The summed E-state index contributed by atoms with van der Waals surface area (Å²) in [5.74, 6) is 0. The molecule has 0 unspecified atom stereocenters. The summed E-state index contributed by atoms with van der Waals surface area (Å²) in [5, 5.41) is 0. The van der Waals surface area contributed by atoms with Crippen molar-refractivity contribution in [2.24, 2.45) is 0 Å². The van der Waals surface area contributed by atoms with Crippen LogP contribution < -0.4 is 103 Å². The van der Waals surface area contributed by atoms with Crippen LogP contribution in [0.25, 0.3) is 0 Å². The Hall–Kier alpha value is 2.55. The molecule has 0 rings (SSSR count). The van der Waals surface area contributed by atoms with Crippen LogP contribution in [0, 0.1) is 0 Å². The van der Waals surface area contributed by atoms with Crippen LogP contribution in [0.15, 0.2) is 25.3 Å². The van der Waals surface area contributed by atoms with Crippen molar-refractivity contribution in [3.8, 4) is 0 Å². The number of hydrogen-bond donors (Lipinski definition) is 0. The van der Waals surface area contributed by atoms with E-state index >= 15 is 0 Å². The molecule has 0 aliphatic rings. The molecule has 0 saturated heterocycles. The number of hydrogen-bond acceptors (Lipinski definition) is 5. The zero-order valence-electron chi connectivity index (χ0n) is 9.47. The third-order valence-corrected chi connectivity index (χ3v) is 0.471. The van der Waals surface area contributed by atoms with E-state index in [-0.39, 0.29) is 88.7 Å². The van der Waals surface area contributed by atoms with Gasteiger partial charge in [0.2, 0.25) is 0 Å². The third kappa shape index (κ3) is 81.7. The van der Waals surface area contributed by atoms with Gasteiger partial charge in [0, 0.05) is 0 Å². The Labute approximate surface area is 156 Å². The molecule has 0 saturated carbocycles. The van der Waals surface area contributed by atoms with Gasteiger partial charge in [0.1, 0.15) is 0 Å². The molecule has 15 heavy (non-hydrogen) atoms. The molecule has 0 aromatic heterocycles. The number of ether oxygens (including phenoxy) is 1. The van der Waals surface area contributed by atoms with E-state index in [0.717, 1.165) is 0 Å². The maximum absolute atomic E-state index is 8.55. The van der Waals surface area contributed by atoms with Gasteiger partial charge in [0.25, 0.3) is 0 Å². The number of rotatable bonds is 4. The average molecular weight is 262 g/mol. The first-order valence-corrected chi connectivity index (χ1v) is 4.40. The summed E-state index contributed by atoms with van der Waals surface area (Å²) in [6.07, 6.45) is 3.42. The van der Waals surface area contributed by atoms with E-state index < -0.39 is 7.82 Å². The van der Waals surface area contributed by atoms with Gasteiger partial charge in [-0.2, -0.15) is 7.82 Å². The van der Waals surface area contributed by atoms with Crippen LogP contribution in [0.1, 0.15) is 0 Å². The summed E-state index contributed by atoms with van der Waals surface area (Å²) in [6.45, 7) is 8.18. The average Bonchev–Trinajstić information content (AvgIpc) is 1.85. The van der Waals surface area contributed by atoms with Crippen molar-refractivity contribution >= 4 is 7.82 Å². The molecule has 0 aromatic carbocycles. The molecule has 0 bridgehead atoms. The minimum Gasteiger partial charge on any atom is -0.822 e. The molecule has 9 heteroatoms. The van der Waals surface area contributed by atoms with Crippen LogP contribution in [-0.4, -0.2) is 13.2 Å². The van der Waals surface area contributed by atoms with Gasteiger partial charge in [-0.15, -0.1) is 13.2 Å². The van der Waals surface area contributed by atoms with Gasteiger partial charge in [-0.25, -0.2) is 0 Å². The first kappa shape index (κ1) is 30.5. The van der Waals surface area contributed by atoms with Gasteiger partial charge in [0.05, 0.1) is 13.2 Å². The summed E-state index contributed by atoms with van der Waals surface area (Å²) < 4.78 is 13.4. The molecule has 0 atom stereocenters. The predicted molar refractivity (Wildman–Crippen MR) is 38.8 cm³/mol. The van der Waals surface area contributed by atoms with Crippen LogP contribution in [-0.2, 0) is 9.30 Å². The third-order valence-electron chi connectivity index (χ3n) is 0.471. The fraction of sp³-hybridized carbons (Fsp3) is 0.333. The van der Waals surface area contributed by atoms with E-state index in [2.05, 4.69) is 13.2 Å². The molecule has 5 nitrogen and oxygen atoms in total. The van der Waals surface area contributed by atoms with Crippen LogP contribution in [0.2, 0.25) is 0 Å². The molecule has 0 aliphatic carbocycles. The first-order valence-electron chi connectivity index (χ1n) is 2.94. The maximum Gasteiger partial charge on any atom is 1.00 e. The standard InChI is InChI=1S/C6H10O.3Na.H3O4P/c1-3-5-7-6-4-2;;;;1-5(2,3)4/h3-4H,1-2,5-6H2;;;;(H3,1,2,3,4)/q;3*+1;/p-3. The molecular formula is C6H10Na3O5P. The second kappa shape index (κ2) is 21.8. The van der Waals surface area contributed by atoms with Crippen LogP contribution >= 0.6 is 7.82 Å². The second-order valence-electron chi connectivity index (χ2n) is 1.56. The van der Waals surface area contributed by atoms with E-state index in [1.54, 1.807) is 12.2 Å². The summed E-state index contributed by atoms with van der Waals surface area (Å²) in [7, 11) is -5.39. The second-order valence-corrected chi connectivity index (χ2v) is 2.46. The van der Waals surface area contributed by atoms with Crippen LogP contribution in [0.3, 0.4) is 0 Å². The number of phosphoric acid groups is 1. The van der Waals surface area contributed by atoms with Gasteiger partial charge in [-0.05, 0) is 0 Å². The van der Waals surface area contributed by atoms with Gasteiger partial charge in [-0.1, -0.05) is 12.2 Å². The summed E-state index contributed by atoms with van der Waals surface area (Å²) >= 11 is 0. The first-order chi connectivity index (χ1) is 5.41. The van der Waals surface area contributed by atoms with Crippen LogP contribution in [0.4, 0.5) is 0 Å². The Bertz CT molecular complexity index is 156. The molecule has 0 radical (unpaired) electrons. The van der Waals surface area contributed by atoms with E-state index in [0.29, 0.717) is 13.2 Å². The van der Waals surface area contributed by atoms with Crippen molar-refractivity contribution in [1.82, 2.24) is 0 Å². The Morgan fingerprint density at radius 1 is 1.00 bits per heavy atom. The van der Waals surface area contributed by atoms with E-state index in [1.807, 2.05) is 0 Å². The van der Waals surface area contributed by atoms with Gasteiger partial charge < -0.3 is 24.0 Å². The van der Waals surface area contributed by atoms with E-state index in [4.69, 9.17) is 24.0 Å². The topological polar surface area (TPSA) is 95.5 Å². The molecule has 0 amide bonds. The summed E-state index contributed by atoms with van der Waals surface area (Å²) in [5.41, 5.74) is 0. The zero-order valence-corrected chi connectivity index (χ0v) is 16.4. The van der Waals surface area contributed by atoms with Gasteiger partial charge in [-0.3, -0.25) is 0 Å².